The zero-order chi connectivity index (χ0) is 13.1. The van der Waals surface area contributed by atoms with E-state index < -0.39 is 0 Å². The quantitative estimate of drug-likeness (QED) is 0.560. The van der Waals surface area contributed by atoms with Gasteiger partial charge in [0.15, 0.2) is 0 Å². The maximum atomic E-state index is 3.54. The minimum Gasteiger partial charge on any atom is -0.314 e. The van der Waals surface area contributed by atoms with Gasteiger partial charge in [0, 0.05) is 32.2 Å². The number of nitrogens with one attached hydrogen (secondary N) is 1. The third-order valence-corrected chi connectivity index (χ3v) is 3.32. The number of likely N-dealkylation sites (N-methyl/N-ethyl adjacent to an activating group) is 1. The van der Waals surface area contributed by atoms with E-state index in [-0.39, 0.29) is 0 Å². The molecule has 0 atom stereocenters. The Morgan fingerprint density at radius 3 is 1.94 bits per heavy atom. The zero-order valence-electron chi connectivity index (χ0n) is 12.6. The lowest BCUT2D eigenvalue weighted by Gasteiger charge is -2.26. The molecule has 0 spiro atoms. The summed E-state index contributed by atoms with van der Waals surface area (Å²) in [6.45, 7) is 19.4. The van der Waals surface area contributed by atoms with Crippen LogP contribution in [0.4, 0.5) is 0 Å². The molecule has 0 bridgehead atoms. The molecule has 0 rings (SSSR count). The minimum absolute atomic E-state index is 0.666. The van der Waals surface area contributed by atoms with Crippen molar-refractivity contribution in [2.75, 3.05) is 45.8 Å². The van der Waals surface area contributed by atoms with Gasteiger partial charge in [-0.25, -0.2) is 0 Å². The Bertz CT molecular complexity index is 156. The minimum atomic E-state index is 0.666. The van der Waals surface area contributed by atoms with E-state index in [1.165, 1.54) is 26.1 Å². The van der Waals surface area contributed by atoms with Crippen LogP contribution in [0.25, 0.3) is 0 Å². The second kappa shape index (κ2) is 11.0. The highest BCUT2D eigenvalue weighted by Gasteiger charge is 2.06. The fraction of sp³-hybridized carbons (Fsp3) is 1.00. The summed E-state index contributed by atoms with van der Waals surface area (Å²) < 4.78 is 0. The number of hydrogen-bond acceptors (Lipinski definition) is 3. The Balaban J connectivity index is 3.54. The third-order valence-electron chi connectivity index (χ3n) is 3.32. The highest BCUT2D eigenvalue weighted by Crippen LogP contribution is 1.98. The lowest BCUT2D eigenvalue weighted by molar-refractivity contribution is 0.220. The molecule has 0 aromatic rings. The molecule has 0 aliphatic rings. The van der Waals surface area contributed by atoms with Gasteiger partial charge in [-0.3, -0.25) is 4.90 Å². The Morgan fingerprint density at radius 1 is 0.882 bits per heavy atom. The molecule has 0 radical (unpaired) electrons. The molecular weight excluding hydrogens is 210 g/mol. The van der Waals surface area contributed by atoms with Gasteiger partial charge in [-0.15, -0.1) is 0 Å². The molecule has 0 aliphatic heterocycles. The van der Waals surface area contributed by atoms with Crippen molar-refractivity contribution in [3.63, 3.8) is 0 Å². The summed E-state index contributed by atoms with van der Waals surface area (Å²) >= 11 is 0. The molecule has 0 amide bonds. The molecule has 0 heterocycles. The van der Waals surface area contributed by atoms with Gasteiger partial charge >= 0.3 is 0 Å². The standard InChI is InChI=1S/C14H33N3/c1-6-11-17(14(4)5)13-10-15-9-12-16(7-2)8-3/h14-15H,6-13H2,1-5H3. The van der Waals surface area contributed by atoms with Gasteiger partial charge in [-0.2, -0.15) is 0 Å². The molecule has 17 heavy (non-hydrogen) atoms. The second-order valence-corrected chi connectivity index (χ2v) is 4.91. The topological polar surface area (TPSA) is 18.5 Å². The van der Waals surface area contributed by atoms with Crippen molar-refractivity contribution in [1.29, 1.82) is 0 Å². The fourth-order valence-electron chi connectivity index (χ4n) is 2.04. The maximum absolute atomic E-state index is 3.54. The van der Waals surface area contributed by atoms with Gasteiger partial charge in [-0.05, 0) is 39.9 Å². The molecule has 0 aromatic heterocycles. The van der Waals surface area contributed by atoms with Crippen LogP contribution in [0.15, 0.2) is 0 Å². The van der Waals surface area contributed by atoms with Crippen LogP contribution in [-0.2, 0) is 0 Å². The van der Waals surface area contributed by atoms with E-state index in [4.69, 9.17) is 0 Å². The SMILES string of the molecule is CCCN(CCNCCN(CC)CC)C(C)C. The van der Waals surface area contributed by atoms with Crippen LogP contribution in [0.1, 0.15) is 41.0 Å². The summed E-state index contributed by atoms with van der Waals surface area (Å²) in [5, 5.41) is 3.54. The van der Waals surface area contributed by atoms with Crippen molar-refractivity contribution in [3.05, 3.63) is 0 Å². The summed E-state index contributed by atoms with van der Waals surface area (Å²) in [7, 11) is 0. The van der Waals surface area contributed by atoms with Crippen molar-refractivity contribution >= 4 is 0 Å². The smallest absolute Gasteiger partial charge is 0.0110 e. The number of nitrogens with zero attached hydrogens (tertiary/aromatic N) is 2. The summed E-state index contributed by atoms with van der Waals surface area (Å²) in [4.78, 5) is 5.00. The molecule has 104 valence electrons. The lowest BCUT2D eigenvalue weighted by Crippen LogP contribution is -2.39. The van der Waals surface area contributed by atoms with Crippen LogP contribution in [0, 0.1) is 0 Å². The molecule has 0 aliphatic carbocycles. The summed E-state index contributed by atoms with van der Waals surface area (Å²) in [6.07, 6.45) is 1.25. The lowest BCUT2D eigenvalue weighted by atomic mass is 10.3. The predicted octanol–water partition coefficient (Wildman–Crippen LogP) is 2.04. The Labute approximate surface area is 109 Å². The molecular formula is C14H33N3. The van der Waals surface area contributed by atoms with E-state index in [9.17, 15) is 0 Å². The van der Waals surface area contributed by atoms with Gasteiger partial charge in [-0.1, -0.05) is 20.8 Å². The molecule has 0 fully saturated rings. The molecule has 0 unspecified atom stereocenters. The van der Waals surface area contributed by atoms with Crippen molar-refractivity contribution in [1.82, 2.24) is 15.1 Å². The van der Waals surface area contributed by atoms with Crippen LogP contribution in [0.3, 0.4) is 0 Å². The van der Waals surface area contributed by atoms with Gasteiger partial charge in [0.1, 0.15) is 0 Å². The van der Waals surface area contributed by atoms with Crippen molar-refractivity contribution in [2.24, 2.45) is 0 Å². The van der Waals surface area contributed by atoms with E-state index in [2.05, 4.69) is 49.7 Å². The van der Waals surface area contributed by atoms with E-state index in [1.807, 2.05) is 0 Å². The van der Waals surface area contributed by atoms with E-state index >= 15 is 0 Å². The summed E-state index contributed by atoms with van der Waals surface area (Å²) in [6, 6.07) is 0.666. The zero-order valence-corrected chi connectivity index (χ0v) is 12.6. The van der Waals surface area contributed by atoms with E-state index in [0.29, 0.717) is 6.04 Å². The second-order valence-electron chi connectivity index (χ2n) is 4.91. The molecule has 1 N–H and O–H groups in total. The number of rotatable bonds is 11. The maximum Gasteiger partial charge on any atom is 0.0110 e. The Hall–Kier alpha value is -0.120. The Kier molecular flexibility index (Phi) is 10.9. The normalized spacial score (nSPS) is 12.0. The monoisotopic (exact) mass is 243 g/mol. The average molecular weight is 243 g/mol. The van der Waals surface area contributed by atoms with Crippen LogP contribution in [0.5, 0.6) is 0 Å². The first-order valence-corrected chi connectivity index (χ1v) is 7.32. The summed E-state index contributed by atoms with van der Waals surface area (Å²) in [5.41, 5.74) is 0. The fourth-order valence-corrected chi connectivity index (χ4v) is 2.04. The van der Waals surface area contributed by atoms with Crippen LogP contribution >= 0.6 is 0 Å². The molecule has 0 saturated heterocycles. The molecule has 0 saturated carbocycles. The van der Waals surface area contributed by atoms with Crippen LogP contribution in [0.2, 0.25) is 0 Å². The third kappa shape index (κ3) is 8.58. The van der Waals surface area contributed by atoms with E-state index in [0.717, 1.165) is 26.2 Å². The average Bonchev–Trinajstić information content (AvgIpc) is 2.32. The predicted molar refractivity (Wildman–Crippen MR) is 77.7 cm³/mol. The first-order valence-electron chi connectivity index (χ1n) is 7.32. The first-order chi connectivity index (χ1) is 8.15. The molecule has 3 nitrogen and oxygen atoms in total. The van der Waals surface area contributed by atoms with Crippen LogP contribution in [-0.4, -0.2) is 61.7 Å². The first kappa shape index (κ1) is 16.9. The van der Waals surface area contributed by atoms with Crippen LogP contribution < -0.4 is 5.32 Å². The van der Waals surface area contributed by atoms with Gasteiger partial charge in [0.25, 0.3) is 0 Å². The molecule has 0 aromatic carbocycles. The van der Waals surface area contributed by atoms with Crippen molar-refractivity contribution in [2.45, 2.75) is 47.1 Å². The summed E-state index contributed by atoms with van der Waals surface area (Å²) in [5.74, 6) is 0. The van der Waals surface area contributed by atoms with Crippen molar-refractivity contribution in [3.8, 4) is 0 Å². The van der Waals surface area contributed by atoms with Gasteiger partial charge < -0.3 is 10.2 Å². The highest BCUT2D eigenvalue weighted by atomic mass is 15.2. The largest absolute Gasteiger partial charge is 0.314 e. The number of hydrogen-bond donors (Lipinski definition) is 1. The van der Waals surface area contributed by atoms with Gasteiger partial charge in [0.05, 0.1) is 0 Å². The van der Waals surface area contributed by atoms with E-state index in [1.54, 1.807) is 0 Å². The van der Waals surface area contributed by atoms with Gasteiger partial charge in [0.2, 0.25) is 0 Å². The Morgan fingerprint density at radius 2 is 1.47 bits per heavy atom. The molecule has 3 heteroatoms. The van der Waals surface area contributed by atoms with Crippen molar-refractivity contribution < 1.29 is 0 Å². The highest BCUT2D eigenvalue weighted by molar-refractivity contribution is 4.64.